The van der Waals surface area contributed by atoms with Gasteiger partial charge in [-0.15, -0.1) is 0 Å². The molecule has 1 aromatic heterocycles. The third kappa shape index (κ3) is 3.85. The zero-order valence-corrected chi connectivity index (χ0v) is 11.8. The average Bonchev–Trinajstić information content (AvgIpc) is 2.85. The zero-order valence-electron chi connectivity index (χ0n) is 10.2. The molecular weight excluding hydrogens is 294 g/mol. The minimum absolute atomic E-state index is 0.0960. The summed E-state index contributed by atoms with van der Waals surface area (Å²) < 4.78 is 6.80. The van der Waals surface area contributed by atoms with E-state index >= 15 is 0 Å². The second-order valence-electron chi connectivity index (χ2n) is 4.03. The number of hydrogen-bond donors (Lipinski definition) is 2. The molecule has 0 radical (unpaired) electrons. The van der Waals surface area contributed by atoms with Crippen molar-refractivity contribution in [2.75, 3.05) is 6.54 Å². The van der Waals surface area contributed by atoms with Crippen molar-refractivity contribution in [2.45, 2.75) is 19.6 Å². The fourth-order valence-corrected chi connectivity index (χ4v) is 1.97. The van der Waals surface area contributed by atoms with E-state index in [1.165, 1.54) is 0 Å². The molecule has 96 valence electrons. The molecule has 1 atom stereocenters. The monoisotopic (exact) mass is 309 g/mol. The van der Waals surface area contributed by atoms with Crippen LogP contribution < -0.4 is 10.1 Å². The molecule has 0 saturated heterocycles. The summed E-state index contributed by atoms with van der Waals surface area (Å²) in [4.78, 5) is 7.19. The van der Waals surface area contributed by atoms with E-state index in [0.29, 0.717) is 0 Å². The van der Waals surface area contributed by atoms with Crippen LogP contribution in [0.3, 0.4) is 0 Å². The number of para-hydroxylation sites is 1. The molecule has 0 saturated carbocycles. The van der Waals surface area contributed by atoms with E-state index in [2.05, 4.69) is 31.2 Å². The summed E-state index contributed by atoms with van der Waals surface area (Å²) in [6.45, 7) is 3.52. The summed E-state index contributed by atoms with van der Waals surface area (Å²) in [5.41, 5.74) is 0. The molecule has 4 nitrogen and oxygen atoms in total. The zero-order chi connectivity index (χ0) is 12.8. The number of hydrogen-bond acceptors (Lipinski definition) is 3. The SMILES string of the molecule is C[C@@H](CNCc1ncc[nH]1)Oc1ccccc1Br. The van der Waals surface area contributed by atoms with Crippen LogP contribution in [0.5, 0.6) is 5.75 Å². The molecule has 0 bridgehead atoms. The van der Waals surface area contributed by atoms with Crippen LogP contribution in [0.25, 0.3) is 0 Å². The summed E-state index contributed by atoms with van der Waals surface area (Å²) in [6.07, 6.45) is 3.66. The van der Waals surface area contributed by atoms with Gasteiger partial charge in [0.2, 0.25) is 0 Å². The van der Waals surface area contributed by atoms with Crippen molar-refractivity contribution in [3.05, 3.63) is 47.0 Å². The maximum Gasteiger partial charge on any atom is 0.133 e. The van der Waals surface area contributed by atoms with Crippen LogP contribution in [0.1, 0.15) is 12.7 Å². The lowest BCUT2D eigenvalue weighted by molar-refractivity contribution is 0.215. The Morgan fingerprint density at radius 1 is 1.44 bits per heavy atom. The van der Waals surface area contributed by atoms with Gasteiger partial charge < -0.3 is 15.0 Å². The van der Waals surface area contributed by atoms with Crippen molar-refractivity contribution in [1.82, 2.24) is 15.3 Å². The van der Waals surface area contributed by atoms with Crippen LogP contribution in [0.2, 0.25) is 0 Å². The van der Waals surface area contributed by atoms with Gasteiger partial charge in [0.1, 0.15) is 17.7 Å². The smallest absolute Gasteiger partial charge is 0.133 e. The Morgan fingerprint density at radius 2 is 2.28 bits per heavy atom. The number of aromatic amines is 1. The molecule has 18 heavy (non-hydrogen) atoms. The van der Waals surface area contributed by atoms with E-state index in [1.54, 1.807) is 6.20 Å². The van der Waals surface area contributed by atoms with Gasteiger partial charge in [-0.05, 0) is 35.0 Å². The van der Waals surface area contributed by atoms with Gasteiger partial charge in [-0.25, -0.2) is 4.98 Å². The normalized spacial score (nSPS) is 12.3. The molecule has 0 spiro atoms. The van der Waals surface area contributed by atoms with Crippen LogP contribution in [0, 0.1) is 0 Å². The Balaban J connectivity index is 1.75. The van der Waals surface area contributed by atoms with Crippen LogP contribution >= 0.6 is 15.9 Å². The lowest BCUT2D eigenvalue weighted by atomic mass is 10.3. The Hall–Kier alpha value is -1.33. The van der Waals surface area contributed by atoms with Crippen molar-refractivity contribution in [1.29, 1.82) is 0 Å². The fraction of sp³-hybridized carbons (Fsp3) is 0.308. The van der Waals surface area contributed by atoms with Crippen molar-refractivity contribution < 1.29 is 4.74 Å². The predicted octanol–water partition coefficient (Wildman–Crippen LogP) is 2.73. The highest BCUT2D eigenvalue weighted by atomic mass is 79.9. The maximum absolute atomic E-state index is 5.82. The summed E-state index contributed by atoms with van der Waals surface area (Å²) in [5, 5.41) is 3.29. The average molecular weight is 310 g/mol. The molecule has 2 rings (SSSR count). The number of nitrogens with one attached hydrogen (secondary N) is 2. The first-order valence-corrected chi connectivity index (χ1v) is 6.65. The van der Waals surface area contributed by atoms with E-state index in [0.717, 1.165) is 29.1 Å². The molecule has 0 aliphatic heterocycles. The van der Waals surface area contributed by atoms with Crippen molar-refractivity contribution >= 4 is 15.9 Å². The number of nitrogens with zero attached hydrogens (tertiary/aromatic N) is 1. The van der Waals surface area contributed by atoms with Gasteiger partial charge in [0.15, 0.2) is 0 Å². The standard InChI is InChI=1S/C13H16BrN3O/c1-10(8-15-9-13-16-6-7-17-13)18-12-5-3-2-4-11(12)14/h2-7,10,15H,8-9H2,1H3,(H,16,17)/t10-/m0/s1. The van der Waals surface area contributed by atoms with Crippen LogP contribution in [0.4, 0.5) is 0 Å². The summed E-state index contributed by atoms with van der Waals surface area (Å²) >= 11 is 3.46. The maximum atomic E-state index is 5.82. The van der Waals surface area contributed by atoms with Crippen molar-refractivity contribution in [2.24, 2.45) is 0 Å². The molecule has 2 N–H and O–H groups in total. The lowest BCUT2D eigenvalue weighted by Crippen LogP contribution is -2.29. The molecule has 1 heterocycles. The largest absolute Gasteiger partial charge is 0.488 e. The molecule has 0 aliphatic rings. The van der Waals surface area contributed by atoms with E-state index in [9.17, 15) is 0 Å². The van der Waals surface area contributed by atoms with Gasteiger partial charge in [-0.2, -0.15) is 0 Å². The van der Waals surface area contributed by atoms with Crippen molar-refractivity contribution in [3.8, 4) is 5.75 Å². The van der Waals surface area contributed by atoms with Gasteiger partial charge in [0.05, 0.1) is 11.0 Å². The second-order valence-corrected chi connectivity index (χ2v) is 4.88. The molecule has 1 aromatic carbocycles. The number of halogens is 1. The molecule has 0 aliphatic carbocycles. The number of aromatic nitrogens is 2. The molecular formula is C13H16BrN3O. The van der Waals surface area contributed by atoms with E-state index < -0.39 is 0 Å². The molecule has 0 amide bonds. The molecule has 5 heteroatoms. The second kappa shape index (κ2) is 6.56. The highest BCUT2D eigenvalue weighted by Crippen LogP contribution is 2.24. The van der Waals surface area contributed by atoms with E-state index in [4.69, 9.17) is 4.74 Å². The topological polar surface area (TPSA) is 49.9 Å². The lowest BCUT2D eigenvalue weighted by Gasteiger charge is -2.16. The first-order valence-electron chi connectivity index (χ1n) is 5.86. The number of benzene rings is 1. The fourth-order valence-electron chi connectivity index (χ4n) is 1.59. The van der Waals surface area contributed by atoms with Crippen LogP contribution in [-0.4, -0.2) is 22.6 Å². The Kier molecular flexibility index (Phi) is 4.78. The first kappa shape index (κ1) is 13.1. The van der Waals surface area contributed by atoms with E-state index in [1.807, 2.05) is 37.4 Å². The van der Waals surface area contributed by atoms with Crippen molar-refractivity contribution in [3.63, 3.8) is 0 Å². The van der Waals surface area contributed by atoms with Crippen LogP contribution in [0.15, 0.2) is 41.1 Å². The predicted molar refractivity (Wildman–Crippen MR) is 74.5 cm³/mol. The Bertz CT molecular complexity index is 473. The molecule has 0 unspecified atom stereocenters. The van der Waals surface area contributed by atoms with Gasteiger partial charge in [-0.1, -0.05) is 12.1 Å². The summed E-state index contributed by atoms with van der Waals surface area (Å²) in [6, 6.07) is 7.85. The summed E-state index contributed by atoms with van der Waals surface area (Å²) in [7, 11) is 0. The quantitative estimate of drug-likeness (QED) is 0.862. The number of imidazole rings is 1. The third-order valence-electron chi connectivity index (χ3n) is 2.44. The Morgan fingerprint density at radius 3 is 3.00 bits per heavy atom. The van der Waals surface area contributed by atoms with Gasteiger partial charge in [-0.3, -0.25) is 0 Å². The minimum atomic E-state index is 0.0960. The number of ether oxygens (including phenoxy) is 1. The third-order valence-corrected chi connectivity index (χ3v) is 3.10. The van der Waals surface area contributed by atoms with Gasteiger partial charge in [0.25, 0.3) is 0 Å². The highest BCUT2D eigenvalue weighted by molar-refractivity contribution is 9.10. The molecule has 2 aromatic rings. The number of H-pyrrole nitrogens is 1. The number of rotatable bonds is 6. The Labute approximate surface area is 115 Å². The molecule has 0 fully saturated rings. The summed E-state index contributed by atoms with van der Waals surface area (Å²) in [5.74, 6) is 1.80. The van der Waals surface area contributed by atoms with E-state index in [-0.39, 0.29) is 6.10 Å². The van der Waals surface area contributed by atoms with Crippen LogP contribution in [-0.2, 0) is 6.54 Å². The van der Waals surface area contributed by atoms with Gasteiger partial charge in [0, 0.05) is 18.9 Å². The minimum Gasteiger partial charge on any atom is -0.488 e. The highest BCUT2D eigenvalue weighted by Gasteiger charge is 2.06. The first-order chi connectivity index (χ1) is 8.75. The van der Waals surface area contributed by atoms with Gasteiger partial charge >= 0.3 is 0 Å².